The van der Waals surface area contributed by atoms with E-state index < -0.39 is 65.7 Å². The van der Waals surface area contributed by atoms with Crippen LogP contribution >= 0.6 is 11.8 Å². The van der Waals surface area contributed by atoms with Crippen LogP contribution in [0.15, 0.2) is 83.6 Å². The zero-order chi connectivity index (χ0) is 46.7. The highest BCUT2D eigenvalue weighted by atomic mass is 32.2. The van der Waals surface area contributed by atoms with Gasteiger partial charge in [-0.25, -0.2) is 0 Å². The molecule has 1 heterocycles. The molecule has 17 nitrogen and oxygen atoms in total. The Kier molecular flexibility index (Phi) is 25.2. The predicted octanol–water partition coefficient (Wildman–Crippen LogP) is 1.30. The van der Waals surface area contributed by atoms with E-state index in [9.17, 15) is 28.8 Å². The van der Waals surface area contributed by atoms with Gasteiger partial charge in [0.25, 0.3) is 0 Å². The second-order valence-corrected chi connectivity index (χ2v) is 16.7. The molecule has 0 unspecified atom stereocenters. The van der Waals surface area contributed by atoms with Crippen LogP contribution in [0.4, 0.5) is 0 Å². The number of carbonyl (C=O) groups excluding carboxylic acids is 6. The highest BCUT2D eigenvalue weighted by Crippen LogP contribution is 2.18. The monoisotopic (exact) mass is 894 g/mol. The van der Waals surface area contributed by atoms with E-state index >= 15 is 0 Å². The summed E-state index contributed by atoms with van der Waals surface area (Å²) in [6, 6.07) is 3.57. The van der Waals surface area contributed by atoms with Crippen molar-refractivity contribution in [3.05, 3.63) is 84.1 Å². The number of nitrogens with two attached hydrogens (primary N) is 4. The van der Waals surface area contributed by atoms with Crippen molar-refractivity contribution in [1.82, 2.24) is 31.9 Å². The minimum Gasteiger partial charge on any atom is -0.387 e. The van der Waals surface area contributed by atoms with Gasteiger partial charge in [0, 0.05) is 38.0 Å². The van der Waals surface area contributed by atoms with Crippen molar-refractivity contribution < 1.29 is 28.8 Å². The van der Waals surface area contributed by atoms with Crippen LogP contribution in [0.1, 0.15) is 77.7 Å². The molecule has 0 saturated heterocycles. The standard InChI is InChI=1S/C45H71N11O6S/c1-6-29(2)38(39(47)57)56-44(62)36(26-32-18-10-7-11-19-32)54-42(60)35(21-25-63-5)53-43(61)37(27-33-28-50-23-14-8-9-16-30(33)3)55-41(59)34(20-12-13-22-46)52-40(58)31(4)17-15-24-51-45(48)49/h7-11,14,16,18-19,28-29,31,34-38,50H,3,6,12-13,15,17,20-27,46H2,1-2,4-5H3,(H2,47,57)(H,52,58)(H,53,61)(H,54,60)(H,55,59)(H,56,62)(H4,48,49,51)/b14-8-,16-9-,33-28?/t29-,31-,34-,35-,36-,37-,38-/m0/s1. The molecule has 1 aromatic rings. The van der Waals surface area contributed by atoms with Gasteiger partial charge in [0.1, 0.15) is 30.2 Å². The first kappa shape index (κ1) is 53.5. The Labute approximate surface area is 377 Å². The number of benzene rings is 1. The van der Waals surface area contributed by atoms with E-state index in [1.165, 1.54) is 11.8 Å². The van der Waals surface area contributed by atoms with Crippen LogP contribution in [0.5, 0.6) is 0 Å². The molecule has 63 heavy (non-hydrogen) atoms. The number of guanidine groups is 1. The molecule has 1 aliphatic rings. The number of rotatable bonds is 28. The van der Waals surface area contributed by atoms with Crippen LogP contribution in [-0.4, -0.2) is 103 Å². The largest absolute Gasteiger partial charge is 0.387 e. The molecule has 348 valence electrons. The fraction of sp³-hybridized carbons (Fsp3) is 0.533. The predicted molar refractivity (Wildman–Crippen MR) is 252 cm³/mol. The van der Waals surface area contributed by atoms with E-state index in [-0.39, 0.29) is 43.5 Å². The first-order valence-corrected chi connectivity index (χ1v) is 23.0. The number of hydrogen-bond donors (Lipinski definition) is 10. The highest BCUT2D eigenvalue weighted by molar-refractivity contribution is 7.98. The van der Waals surface area contributed by atoms with E-state index in [0.717, 1.165) is 5.56 Å². The van der Waals surface area contributed by atoms with Crippen LogP contribution in [0.2, 0.25) is 0 Å². The molecule has 18 heteroatoms. The van der Waals surface area contributed by atoms with Gasteiger partial charge in [-0.3, -0.25) is 33.8 Å². The Morgan fingerprint density at radius 2 is 1.38 bits per heavy atom. The Balaban J connectivity index is 2.49. The molecule has 7 atom stereocenters. The fourth-order valence-corrected chi connectivity index (χ4v) is 7.04. The summed E-state index contributed by atoms with van der Waals surface area (Å²) in [6.07, 6.45) is 14.2. The average Bonchev–Trinajstić information content (AvgIpc) is 3.35. The minimum absolute atomic E-state index is 0.0293. The number of aliphatic imine (C=N–C) groups is 1. The van der Waals surface area contributed by atoms with Crippen LogP contribution in [-0.2, 0) is 35.2 Å². The molecule has 0 aromatic heterocycles. The van der Waals surface area contributed by atoms with Gasteiger partial charge in [-0.2, -0.15) is 11.8 Å². The first-order chi connectivity index (χ1) is 30.1. The molecular formula is C45H71N11O6S. The zero-order valence-electron chi connectivity index (χ0n) is 37.3. The number of nitrogens with zero attached hydrogens (tertiary/aromatic N) is 1. The Morgan fingerprint density at radius 3 is 2.00 bits per heavy atom. The SMILES string of the molecule is C=C1/C=C\C=C/CNC=C1C[C@H](NC(=O)[C@H](CCCCN)NC(=O)[C@@H](C)CCCN=C(N)N)C(=O)N[C@@H](CCSC)C(=O)N[C@@H](Cc1ccccc1)C(=O)N[C@H](C(N)=O)[C@@H](C)CC. The lowest BCUT2D eigenvalue weighted by molar-refractivity contribution is -0.135. The summed E-state index contributed by atoms with van der Waals surface area (Å²) in [6.45, 7) is 10.8. The molecule has 0 spiro atoms. The zero-order valence-corrected chi connectivity index (χ0v) is 38.1. The van der Waals surface area contributed by atoms with Gasteiger partial charge >= 0.3 is 0 Å². The molecule has 1 aromatic carbocycles. The van der Waals surface area contributed by atoms with Crippen molar-refractivity contribution in [3.63, 3.8) is 0 Å². The van der Waals surface area contributed by atoms with E-state index in [1.54, 1.807) is 26.1 Å². The van der Waals surface area contributed by atoms with Gasteiger partial charge in [0.05, 0.1) is 0 Å². The summed E-state index contributed by atoms with van der Waals surface area (Å²) in [5.41, 5.74) is 24.3. The fourth-order valence-electron chi connectivity index (χ4n) is 6.56. The van der Waals surface area contributed by atoms with Crippen molar-refractivity contribution in [2.75, 3.05) is 31.6 Å². The third-order valence-corrected chi connectivity index (χ3v) is 11.3. The third-order valence-electron chi connectivity index (χ3n) is 10.6. The Bertz CT molecular complexity index is 1780. The van der Waals surface area contributed by atoms with E-state index in [0.29, 0.717) is 68.6 Å². The normalized spacial score (nSPS) is 16.8. The maximum atomic E-state index is 14.5. The molecule has 6 amide bonds. The second-order valence-electron chi connectivity index (χ2n) is 15.7. The molecule has 0 aliphatic carbocycles. The summed E-state index contributed by atoms with van der Waals surface area (Å²) >= 11 is 1.46. The molecule has 0 fully saturated rings. The van der Waals surface area contributed by atoms with Gasteiger partial charge in [-0.15, -0.1) is 0 Å². The number of hydrogen-bond acceptors (Lipinski definition) is 10. The van der Waals surface area contributed by atoms with Crippen molar-refractivity contribution >= 4 is 53.2 Å². The number of primary amides is 1. The summed E-state index contributed by atoms with van der Waals surface area (Å²) in [5, 5.41) is 17.4. The summed E-state index contributed by atoms with van der Waals surface area (Å²) in [5.74, 6) is -3.88. The van der Waals surface area contributed by atoms with Crippen molar-refractivity contribution in [1.29, 1.82) is 0 Å². The highest BCUT2D eigenvalue weighted by Gasteiger charge is 2.34. The van der Waals surface area contributed by atoms with Gasteiger partial charge in [-0.05, 0) is 79.7 Å². The first-order valence-electron chi connectivity index (χ1n) is 21.7. The molecule has 14 N–H and O–H groups in total. The summed E-state index contributed by atoms with van der Waals surface area (Å²) in [7, 11) is 0. The van der Waals surface area contributed by atoms with Crippen molar-refractivity contribution in [3.8, 4) is 0 Å². The van der Waals surface area contributed by atoms with E-state index in [2.05, 4.69) is 43.5 Å². The van der Waals surface area contributed by atoms with Crippen LogP contribution < -0.4 is 54.8 Å². The number of amides is 6. The van der Waals surface area contributed by atoms with Crippen LogP contribution in [0, 0.1) is 11.8 Å². The van der Waals surface area contributed by atoms with Crippen molar-refractivity contribution in [2.24, 2.45) is 39.8 Å². The third kappa shape index (κ3) is 20.4. The van der Waals surface area contributed by atoms with Gasteiger partial charge in [0.2, 0.25) is 35.4 Å². The molecule has 1 aliphatic heterocycles. The Hall–Kier alpha value is -5.62. The summed E-state index contributed by atoms with van der Waals surface area (Å²) in [4.78, 5) is 86.6. The van der Waals surface area contributed by atoms with Crippen LogP contribution in [0.25, 0.3) is 0 Å². The smallest absolute Gasteiger partial charge is 0.243 e. The number of unbranched alkanes of at least 4 members (excludes halogenated alkanes) is 1. The van der Waals surface area contributed by atoms with Crippen molar-refractivity contribution in [2.45, 2.75) is 109 Å². The van der Waals surface area contributed by atoms with Crippen LogP contribution in [0.3, 0.4) is 0 Å². The lowest BCUT2D eigenvalue weighted by atomic mass is 9.97. The Morgan fingerprint density at radius 1 is 0.778 bits per heavy atom. The number of thioether (sulfide) groups is 1. The maximum Gasteiger partial charge on any atom is 0.243 e. The van der Waals surface area contributed by atoms with Gasteiger partial charge < -0.3 is 54.8 Å². The van der Waals surface area contributed by atoms with Gasteiger partial charge in [-0.1, -0.05) is 88.4 Å². The lowest BCUT2D eigenvalue weighted by Gasteiger charge is -2.28. The quantitative estimate of drug-likeness (QED) is 0.0325. The molecule has 0 bridgehead atoms. The second kappa shape index (κ2) is 29.6. The topological polar surface area (TPSA) is 291 Å². The minimum atomic E-state index is -1.24. The van der Waals surface area contributed by atoms with E-state index in [4.69, 9.17) is 22.9 Å². The molecular weight excluding hydrogens is 823 g/mol. The number of nitrogens with one attached hydrogen (secondary N) is 6. The molecule has 0 saturated carbocycles. The maximum absolute atomic E-state index is 14.5. The number of allylic oxidation sites excluding steroid dienone is 4. The lowest BCUT2D eigenvalue weighted by Crippen LogP contribution is -2.60. The molecule has 0 radical (unpaired) electrons. The number of carbonyl (C=O) groups is 6. The average molecular weight is 894 g/mol. The van der Waals surface area contributed by atoms with Gasteiger partial charge in [0.15, 0.2) is 5.96 Å². The molecule has 2 rings (SSSR count). The van der Waals surface area contributed by atoms with E-state index in [1.807, 2.05) is 61.7 Å². The summed E-state index contributed by atoms with van der Waals surface area (Å²) < 4.78 is 0.